The zero-order chi connectivity index (χ0) is 21.0. The van der Waals surface area contributed by atoms with E-state index in [0.717, 1.165) is 31.4 Å². The van der Waals surface area contributed by atoms with E-state index in [1.54, 1.807) is 22.7 Å². The van der Waals surface area contributed by atoms with Crippen LogP contribution in [0.15, 0.2) is 36.5 Å². The van der Waals surface area contributed by atoms with Gasteiger partial charge in [-0.3, -0.25) is 9.69 Å². The summed E-state index contributed by atoms with van der Waals surface area (Å²) >= 11 is 0. The van der Waals surface area contributed by atoms with Gasteiger partial charge < -0.3 is 4.74 Å². The summed E-state index contributed by atoms with van der Waals surface area (Å²) in [4.78, 5) is 27.8. The SMILES string of the molecule is CCOC(=O)c1cn(-c2ccccc2)nc1N(C(=O)C1CCC(C)CC1)C(C)C. The van der Waals surface area contributed by atoms with Gasteiger partial charge in [0.15, 0.2) is 5.82 Å². The maximum Gasteiger partial charge on any atom is 0.343 e. The molecule has 0 unspecified atom stereocenters. The van der Waals surface area contributed by atoms with Crippen LogP contribution in [0.1, 0.15) is 63.7 Å². The number of hydrogen-bond acceptors (Lipinski definition) is 4. The fraction of sp³-hybridized carbons (Fsp3) is 0.522. The Labute approximate surface area is 172 Å². The lowest BCUT2D eigenvalue weighted by molar-refractivity contribution is -0.123. The Hall–Kier alpha value is -2.63. The van der Waals surface area contributed by atoms with Crippen LogP contribution in [0.5, 0.6) is 0 Å². The third-order valence-electron chi connectivity index (χ3n) is 5.56. The van der Waals surface area contributed by atoms with Crippen molar-refractivity contribution in [2.45, 2.75) is 59.4 Å². The second-order valence-electron chi connectivity index (χ2n) is 8.13. The Bertz CT molecular complexity index is 836. The van der Waals surface area contributed by atoms with Crippen molar-refractivity contribution in [2.24, 2.45) is 11.8 Å². The van der Waals surface area contributed by atoms with Gasteiger partial charge in [-0.1, -0.05) is 25.1 Å². The number of ether oxygens (including phenoxy) is 1. The van der Waals surface area contributed by atoms with Crippen LogP contribution in [0.25, 0.3) is 5.69 Å². The molecule has 0 spiro atoms. The van der Waals surface area contributed by atoms with E-state index in [1.807, 2.05) is 44.2 Å². The van der Waals surface area contributed by atoms with Gasteiger partial charge in [0.05, 0.1) is 12.3 Å². The molecule has 2 aromatic rings. The molecule has 1 aromatic heterocycles. The zero-order valence-electron chi connectivity index (χ0n) is 17.8. The number of carbonyl (C=O) groups excluding carboxylic acids is 2. The maximum atomic E-state index is 13.4. The average Bonchev–Trinajstić information content (AvgIpc) is 3.14. The molecule has 1 fully saturated rings. The third kappa shape index (κ3) is 4.69. The molecule has 6 nitrogen and oxygen atoms in total. The summed E-state index contributed by atoms with van der Waals surface area (Å²) < 4.78 is 6.90. The first-order valence-electron chi connectivity index (χ1n) is 10.6. The molecule has 0 radical (unpaired) electrons. The van der Waals surface area contributed by atoms with Crippen LogP contribution < -0.4 is 4.90 Å². The van der Waals surface area contributed by atoms with Crippen LogP contribution in [0.3, 0.4) is 0 Å². The van der Waals surface area contributed by atoms with E-state index in [0.29, 0.717) is 17.3 Å². The highest BCUT2D eigenvalue weighted by Crippen LogP contribution is 2.32. The first-order chi connectivity index (χ1) is 13.9. The number of nitrogens with zero attached hydrogens (tertiary/aromatic N) is 3. The standard InChI is InChI=1S/C23H31N3O3/c1-5-29-23(28)20-15-25(19-9-7-6-8-10-19)24-21(20)26(16(2)3)22(27)18-13-11-17(4)12-14-18/h6-10,15-18H,5,11-14H2,1-4H3. The quantitative estimate of drug-likeness (QED) is 0.668. The van der Waals surface area contributed by atoms with Gasteiger partial charge in [0.2, 0.25) is 5.91 Å². The van der Waals surface area contributed by atoms with E-state index in [4.69, 9.17) is 4.74 Å². The van der Waals surface area contributed by atoms with Gasteiger partial charge in [0.1, 0.15) is 5.56 Å². The molecule has 0 aliphatic heterocycles. The number of rotatable bonds is 6. The Morgan fingerprint density at radius 1 is 1.17 bits per heavy atom. The highest BCUT2D eigenvalue weighted by Gasteiger charge is 2.34. The highest BCUT2D eigenvalue weighted by molar-refractivity contribution is 6.02. The van der Waals surface area contributed by atoms with Crippen molar-refractivity contribution in [2.75, 3.05) is 11.5 Å². The van der Waals surface area contributed by atoms with Gasteiger partial charge in [-0.2, -0.15) is 0 Å². The molecule has 0 atom stereocenters. The van der Waals surface area contributed by atoms with E-state index in [-0.39, 0.29) is 24.5 Å². The molecular weight excluding hydrogens is 366 g/mol. The van der Waals surface area contributed by atoms with Gasteiger partial charge in [-0.25, -0.2) is 9.48 Å². The zero-order valence-corrected chi connectivity index (χ0v) is 17.8. The van der Waals surface area contributed by atoms with Crippen molar-refractivity contribution in [3.63, 3.8) is 0 Å². The Kier molecular flexibility index (Phi) is 6.72. The maximum absolute atomic E-state index is 13.4. The van der Waals surface area contributed by atoms with Crippen molar-refractivity contribution in [1.82, 2.24) is 9.78 Å². The molecule has 0 bridgehead atoms. The lowest BCUT2D eigenvalue weighted by atomic mass is 9.82. The van der Waals surface area contributed by atoms with Crippen LogP contribution in [-0.4, -0.2) is 34.3 Å². The molecule has 1 saturated carbocycles. The Balaban J connectivity index is 2.01. The predicted octanol–water partition coefficient (Wildman–Crippen LogP) is 4.62. The number of para-hydroxylation sites is 1. The molecule has 1 heterocycles. The first-order valence-corrected chi connectivity index (χ1v) is 10.6. The minimum atomic E-state index is -0.458. The lowest BCUT2D eigenvalue weighted by Gasteiger charge is -2.32. The van der Waals surface area contributed by atoms with Crippen LogP contribution in [0, 0.1) is 11.8 Å². The van der Waals surface area contributed by atoms with Gasteiger partial charge in [0, 0.05) is 18.2 Å². The van der Waals surface area contributed by atoms with E-state index >= 15 is 0 Å². The molecule has 3 rings (SSSR count). The predicted molar refractivity (Wildman–Crippen MR) is 113 cm³/mol. The summed E-state index contributed by atoms with van der Waals surface area (Å²) in [6.45, 7) is 8.19. The summed E-state index contributed by atoms with van der Waals surface area (Å²) in [7, 11) is 0. The Morgan fingerprint density at radius 2 is 1.83 bits per heavy atom. The molecule has 0 saturated heterocycles. The van der Waals surface area contributed by atoms with Gasteiger partial charge in [-0.15, -0.1) is 5.10 Å². The first kappa shape index (κ1) is 21.1. The Morgan fingerprint density at radius 3 is 2.41 bits per heavy atom. The third-order valence-corrected chi connectivity index (χ3v) is 5.56. The summed E-state index contributed by atoms with van der Waals surface area (Å²) in [5.41, 5.74) is 1.15. The highest BCUT2D eigenvalue weighted by atomic mass is 16.5. The summed E-state index contributed by atoms with van der Waals surface area (Å²) in [6.07, 6.45) is 5.56. The molecule has 1 amide bonds. The smallest absolute Gasteiger partial charge is 0.343 e. The molecule has 0 N–H and O–H groups in total. The largest absolute Gasteiger partial charge is 0.462 e. The monoisotopic (exact) mass is 397 g/mol. The van der Waals surface area contributed by atoms with E-state index in [9.17, 15) is 9.59 Å². The van der Waals surface area contributed by atoms with E-state index in [2.05, 4.69) is 12.0 Å². The number of anilines is 1. The van der Waals surface area contributed by atoms with Crippen molar-refractivity contribution in [3.8, 4) is 5.69 Å². The molecule has 6 heteroatoms. The van der Waals surface area contributed by atoms with Crippen molar-refractivity contribution in [1.29, 1.82) is 0 Å². The van der Waals surface area contributed by atoms with Crippen molar-refractivity contribution < 1.29 is 14.3 Å². The second-order valence-corrected chi connectivity index (χ2v) is 8.13. The minimum absolute atomic E-state index is 0.0227. The molecular formula is C23H31N3O3. The number of hydrogen-bond donors (Lipinski definition) is 0. The molecule has 1 aromatic carbocycles. The minimum Gasteiger partial charge on any atom is -0.462 e. The number of benzene rings is 1. The number of esters is 1. The van der Waals surface area contributed by atoms with E-state index in [1.165, 1.54) is 0 Å². The summed E-state index contributed by atoms with van der Waals surface area (Å²) in [6, 6.07) is 9.46. The van der Waals surface area contributed by atoms with Crippen LogP contribution >= 0.6 is 0 Å². The summed E-state index contributed by atoms with van der Waals surface area (Å²) in [5, 5.41) is 4.66. The van der Waals surface area contributed by atoms with Gasteiger partial charge in [-0.05, 0) is 64.5 Å². The fourth-order valence-electron chi connectivity index (χ4n) is 3.92. The lowest BCUT2D eigenvalue weighted by Crippen LogP contribution is -2.43. The molecule has 1 aliphatic rings. The molecule has 1 aliphatic carbocycles. The second kappa shape index (κ2) is 9.25. The molecule has 29 heavy (non-hydrogen) atoms. The van der Waals surface area contributed by atoms with Gasteiger partial charge >= 0.3 is 5.97 Å². The van der Waals surface area contributed by atoms with Crippen molar-refractivity contribution >= 4 is 17.7 Å². The van der Waals surface area contributed by atoms with Gasteiger partial charge in [0.25, 0.3) is 0 Å². The topological polar surface area (TPSA) is 64.4 Å². The van der Waals surface area contributed by atoms with Crippen LogP contribution in [-0.2, 0) is 9.53 Å². The van der Waals surface area contributed by atoms with Crippen LogP contribution in [0.2, 0.25) is 0 Å². The number of aromatic nitrogens is 2. The van der Waals surface area contributed by atoms with Crippen LogP contribution in [0.4, 0.5) is 5.82 Å². The average molecular weight is 398 g/mol. The number of amides is 1. The molecule has 156 valence electrons. The van der Waals surface area contributed by atoms with E-state index < -0.39 is 5.97 Å². The number of carbonyl (C=O) groups is 2. The summed E-state index contributed by atoms with van der Waals surface area (Å²) in [5.74, 6) is 0.617. The fourth-order valence-corrected chi connectivity index (χ4v) is 3.92. The van der Waals surface area contributed by atoms with Crippen molar-refractivity contribution in [3.05, 3.63) is 42.1 Å². The normalized spacial score (nSPS) is 19.2.